The molecule has 1 aromatic rings. The van der Waals surface area contributed by atoms with Crippen LogP contribution in [0, 0.1) is 11.1 Å². The number of hydrogen-bond donors (Lipinski definition) is 0. The summed E-state index contributed by atoms with van der Waals surface area (Å²) in [5.74, 6) is 1.62. The largest absolute Gasteiger partial charge is 0.624 e. The van der Waals surface area contributed by atoms with E-state index in [-0.39, 0.29) is 12.5 Å². The Morgan fingerprint density at radius 1 is 1.29 bits per heavy atom. The van der Waals surface area contributed by atoms with E-state index in [1.807, 2.05) is 26.0 Å². The summed E-state index contributed by atoms with van der Waals surface area (Å²) in [7, 11) is 3.18. The van der Waals surface area contributed by atoms with E-state index in [2.05, 4.69) is 0 Å². The summed E-state index contributed by atoms with van der Waals surface area (Å²) < 4.78 is 11.3. The molecule has 0 atom stereocenters. The molecule has 0 amide bonds. The number of rotatable bonds is 5. The first-order valence-electron chi connectivity index (χ1n) is 5.56. The Balaban J connectivity index is 2.91. The number of benzene rings is 1. The van der Waals surface area contributed by atoms with Crippen molar-refractivity contribution < 1.29 is 14.2 Å². The van der Waals surface area contributed by atoms with E-state index < -0.39 is 0 Å². The van der Waals surface area contributed by atoms with E-state index in [0.29, 0.717) is 5.75 Å². The SMILES string of the molecule is COc1ccc(C/[N+]([O-])=C/C(C)C)c(OC)c1. The molecule has 17 heavy (non-hydrogen) atoms. The van der Waals surface area contributed by atoms with Crippen molar-refractivity contribution in [3.63, 3.8) is 0 Å². The molecular weight excluding hydrogens is 218 g/mol. The molecule has 0 bridgehead atoms. The van der Waals surface area contributed by atoms with Gasteiger partial charge in [0.05, 0.1) is 19.8 Å². The third kappa shape index (κ3) is 3.98. The average Bonchev–Trinajstić information content (AvgIpc) is 2.28. The summed E-state index contributed by atoms with van der Waals surface area (Å²) in [6.45, 7) is 4.22. The standard InChI is InChI=1S/C13H19NO3/c1-10(2)8-14(15)9-11-5-6-12(16-3)7-13(11)17-4/h5-8,10H,9H2,1-4H3/b14-8-. The van der Waals surface area contributed by atoms with Crippen LogP contribution in [-0.2, 0) is 6.54 Å². The van der Waals surface area contributed by atoms with E-state index in [0.717, 1.165) is 16.1 Å². The van der Waals surface area contributed by atoms with Crippen molar-refractivity contribution >= 4 is 6.21 Å². The first kappa shape index (κ1) is 13.4. The zero-order chi connectivity index (χ0) is 12.8. The van der Waals surface area contributed by atoms with Crippen molar-refractivity contribution in [1.82, 2.24) is 0 Å². The van der Waals surface area contributed by atoms with Crippen LogP contribution in [-0.4, -0.2) is 25.2 Å². The van der Waals surface area contributed by atoms with Gasteiger partial charge in [-0.1, -0.05) is 13.8 Å². The quantitative estimate of drug-likeness (QED) is 0.342. The van der Waals surface area contributed by atoms with Gasteiger partial charge in [0.15, 0.2) is 12.8 Å². The van der Waals surface area contributed by atoms with Gasteiger partial charge in [-0.2, -0.15) is 0 Å². The minimum absolute atomic E-state index is 0.233. The molecule has 0 spiro atoms. The molecule has 4 nitrogen and oxygen atoms in total. The molecule has 0 unspecified atom stereocenters. The zero-order valence-corrected chi connectivity index (χ0v) is 10.8. The molecule has 1 aromatic carbocycles. The monoisotopic (exact) mass is 237 g/mol. The summed E-state index contributed by atoms with van der Waals surface area (Å²) in [6.07, 6.45) is 1.64. The summed E-state index contributed by atoms with van der Waals surface area (Å²) in [6, 6.07) is 5.44. The van der Waals surface area contributed by atoms with Crippen molar-refractivity contribution in [1.29, 1.82) is 0 Å². The van der Waals surface area contributed by atoms with Crippen LogP contribution < -0.4 is 9.47 Å². The maximum absolute atomic E-state index is 11.6. The van der Waals surface area contributed by atoms with E-state index in [1.165, 1.54) is 0 Å². The summed E-state index contributed by atoms with van der Waals surface area (Å²) in [4.78, 5) is 0. The highest BCUT2D eigenvalue weighted by molar-refractivity contribution is 5.54. The number of ether oxygens (including phenoxy) is 2. The summed E-state index contributed by atoms with van der Waals surface area (Å²) >= 11 is 0. The van der Waals surface area contributed by atoms with Crippen LogP contribution in [0.5, 0.6) is 11.5 Å². The lowest BCUT2D eigenvalue weighted by Gasteiger charge is -2.10. The highest BCUT2D eigenvalue weighted by Gasteiger charge is 2.08. The molecule has 0 radical (unpaired) electrons. The van der Waals surface area contributed by atoms with Crippen molar-refractivity contribution in [3.05, 3.63) is 29.0 Å². The first-order valence-corrected chi connectivity index (χ1v) is 5.56. The Morgan fingerprint density at radius 2 is 2.00 bits per heavy atom. The molecule has 0 fully saturated rings. The fraction of sp³-hybridized carbons (Fsp3) is 0.462. The van der Waals surface area contributed by atoms with Crippen LogP contribution in [0.2, 0.25) is 0 Å². The minimum Gasteiger partial charge on any atom is -0.624 e. The lowest BCUT2D eigenvalue weighted by Crippen LogP contribution is -2.09. The topological polar surface area (TPSA) is 44.5 Å². The molecule has 0 saturated carbocycles. The van der Waals surface area contributed by atoms with Crippen LogP contribution in [0.4, 0.5) is 0 Å². The maximum atomic E-state index is 11.6. The average molecular weight is 237 g/mol. The van der Waals surface area contributed by atoms with E-state index >= 15 is 0 Å². The Bertz CT molecular complexity index is 400. The smallest absolute Gasteiger partial charge is 0.182 e. The maximum Gasteiger partial charge on any atom is 0.182 e. The predicted molar refractivity (Wildman–Crippen MR) is 67.8 cm³/mol. The first-order chi connectivity index (χ1) is 8.06. The number of hydrogen-bond acceptors (Lipinski definition) is 3. The number of methoxy groups -OCH3 is 2. The van der Waals surface area contributed by atoms with Crippen molar-refractivity contribution in [3.8, 4) is 11.5 Å². The molecule has 0 N–H and O–H groups in total. The Labute approximate surface area is 102 Å². The summed E-state index contributed by atoms with van der Waals surface area (Å²) in [5, 5.41) is 11.6. The third-order valence-electron chi connectivity index (χ3n) is 2.28. The van der Waals surface area contributed by atoms with Gasteiger partial charge in [0.1, 0.15) is 11.5 Å². The van der Waals surface area contributed by atoms with Crippen LogP contribution in [0.1, 0.15) is 19.4 Å². The van der Waals surface area contributed by atoms with Crippen LogP contribution >= 0.6 is 0 Å². The van der Waals surface area contributed by atoms with Crippen molar-refractivity contribution in [2.75, 3.05) is 14.2 Å². The lowest BCUT2D eigenvalue weighted by atomic mass is 10.2. The van der Waals surface area contributed by atoms with Gasteiger partial charge < -0.3 is 14.7 Å². The molecule has 0 saturated heterocycles. The lowest BCUT2D eigenvalue weighted by molar-refractivity contribution is -0.472. The zero-order valence-electron chi connectivity index (χ0n) is 10.8. The van der Waals surface area contributed by atoms with Gasteiger partial charge >= 0.3 is 0 Å². The number of hydroxylamine groups is 1. The molecule has 94 valence electrons. The van der Waals surface area contributed by atoms with Crippen LogP contribution in [0.25, 0.3) is 0 Å². The van der Waals surface area contributed by atoms with E-state index in [4.69, 9.17) is 9.47 Å². The van der Waals surface area contributed by atoms with Gasteiger partial charge in [0.2, 0.25) is 0 Å². The van der Waals surface area contributed by atoms with Gasteiger partial charge in [-0.15, -0.1) is 0 Å². The summed E-state index contributed by atoms with van der Waals surface area (Å²) in [5.41, 5.74) is 0.847. The Hall–Kier alpha value is -1.71. The second kappa shape index (κ2) is 6.13. The molecule has 0 aliphatic carbocycles. The molecule has 0 heterocycles. The van der Waals surface area contributed by atoms with Crippen LogP contribution in [0.15, 0.2) is 18.2 Å². The van der Waals surface area contributed by atoms with Gasteiger partial charge in [-0.25, -0.2) is 4.74 Å². The fourth-order valence-corrected chi connectivity index (χ4v) is 1.54. The van der Waals surface area contributed by atoms with Crippen molar-refractivity contribution in [2.24, 2.45) is 5.92 Å². The third-order valence-corrected chi connectivity index (χ3v) is 2.28. The molecule has 0 aliphatic rings. The van der Waals surface area contributed by atoms with Gasteiger partial charge in [-0.3, -0.25) is 0 Å². The Kier molecular flexibility index (Phi) is 4.82. The van der Waals surface area contributed by atoms with Crippen molar-refractivity contribution in [2.45, 2.75) is 20.4 Å². The van der Waals surface area contributed by atoms with E-state index in [9.17, 15) is 5.21 Å². The second-order valence-electron chi connectivity index (χ2n) is 4.15. The number of nitrogens with zero attached hydrogens (tertiary/aromatic N) is 1. The van der Waals surface area contributed by atoms with E-state index in [1.54, 1.807) is 26.5 Å². The van der Waals surface area contributed by atoms with Gasteiger partial charge in [0.25, 0.3) is 0 Å². The highest BCUT2D eigenvalue weighted by Crippen LogP contribution is 2.24. The molecule has 0 aliphatic heterocycles. The fourth-order valence-electron chi connectivity index (χ4n) is 1.54. The highest BCUT2D eigenvalue weighted by atomic mass is 16.5. The van der Waals surface area contributed by atoms with Crippen LogP contribution in [0.3, 0.4) is 0 Å². The second-order valence-corrected chi connectivity index (χ2v) is 4.15. The molecular formula is C13H19NO3. The van der Waals surface area contributed by atoms with Gasteiger partial charge in [0, 0.05) is 12.0 Å². The molecule has 0 aromatic heterocycles. The normalized spacial score (nSPS) is 11.7. The van der Waals surface area contributed by atoms with Gasteiger partial charge in [-0.05, 0) is 12.1 Å². The molecule has 1 rings (SSSR count). The minimum atomic E-state index is 0.233. The molecule has 4 heteroatoms. The Morgan fingerprint density at radius 3 is 2.53 bits per heavy atom. The predicted octanol–water partition coefficient (Wildman–Crippen LogP) is 2.44.